The van der Waals surface area contributed by atoms with Crippen molar-refractivity contribution in [3.63, 3.8) is 0 Å². The molecular weight excluding hydrogens is 222 g/mol. The summed E-state index contributed by atoms with van der Waals surface area (Å²) in [7, 11) is 0. The Morgan fingerprint density at radius 3 is 2.65 bits per heavy atom. The Morgan fingerprint density at radius 2 is 2.12 bits per heavy atom. The fraction of sp³-hybridized carbons (Fsp3) is 0.727. The lowest BCUT2D eigenvalue weighted by Crippen LogP contribution is -2.39. The number of hydrogen-bond donors (Lipinski definition) is 2. The monoisotopic (exact) mass is 241 g/mol. The number of rotatable bonds is 8. The number of hydrogen-bond acceptors (Lipinski definition) is 4. The van der Waals surface area contributed by atoms with Crippen LogP contribution in [-0.4, -0.2) is 24.6 Å². The molecule has 0 aliphatic heterocycles. The Labute approximate surface area is 101 Å². The van der Waals surface area contributed by atoms with Crippen LogP contribution in [0.4, 0.5) is 4.79 Å². The summed E-state index contributed by atoms with van der Waals surface area (Å²) < 4.78 is 4.54. The molecule has 0 radical (unpaired) electrons. The third-order valence-electron chi connectivity index (χ3n) is 2.16. The van der Waals surface area contributed by atoms with Crippen molar-refractivity contribution >= 4 is 12.0 Å². The Balaban J connectivity index is 3.89. The lowest BCUT2D eigenvalue weighted by Gasteiger charge is -2.13. The van der Waals surface area contributed by atoms with Crippen molar-refractivity contribution in [1.82, 2.24) is 5.32 Å². The molecule has 6 nitrogen and oxygen atoms in total. The molecule has 17 heavy (non-hydrogen) atoms. The molecule has 0 saturated heterocycles. The lowest BCUT2D eigenvalue weighted by atomic mass is 10.2. The quantitative estimate of drug-likeness (QED) is 0.620. The van der Waals surface area contributed by atoms with E-state index < -0.39 is 18.1 Å². The smallest absolute Gasteiger partial charge is 0.405 e. The molecule has 3 N–H and O–H groups in total. The number of ether oxygens (including phenoxy) is 1. The number of amides is 2. The molecule has 0 aromatic rings. The van der Waals surface area contributed by atoms with E-state index in [0.29, 0.717) is 6.54 Å². The molecule has 0 bridgehead atoms. The highest BCUT2D eigenvalue weighted by Crippen LogP contribution is 2.00. The SMILES string of the molecule is CCCCCCNC(=O)[C@H](CC#N)OC(N)=O. The van der Waals surface area contributed by atoms with Gasteiger partial charge in [-0.25, -0.2) is 4.79 Å². The van der Waals surface area contributed by atoms with E-state index in [1.54, 1.807) is 6.07 Å². The summed E-state index contributed by atoms with van der Waals surface area (Å²) >= 11 is 0. The van der Waals surface area contributed by atoms with E-state index >= 15 is 0 Å². The van der Waals surface area contributed by atoms with E-state index in [9.17, 15) is 9.59 Å². The first-order valence-corrected chi connectivity index (χ1v) is 5.72. The van der Waals surface area contributed by atoms with Crippen molar-refractivity contribution in [3.8, 4) is 6.07 Å². The van der Waals surface area contributed by atoms with E-state index in [0.717, 1.165) is 25.7 Å². The zero-order valence-electron chi connectivity index (χ0n) is 10.1. The fourth-order valence-corrected chi connectivity index (χ4v) is 1.29. The minimum absolute atomic E-state index is 0.191. The van der Waals surface area contributed by atoms with E-state index in [1.165, 1.54) is 0 Å². The van der Waals surface area contributed by atoms with Crippen molar-refractivity contribution in [3.05, 3.63) is 0 Å². The average Bonchev–Trinajstić information content (AvgIpc) is 2.27. The highest BCUT2D eigenvalue weighted by molar-refractivity contribution is 5.83. The number of nitriles is 1. The third kappa shape index (κ3) is 8.08. The molecule has 0 fully saturated rings. The van der Waals surface area contributed by atoms with Crippen LogP contribution in [0.25, 0.3) is 0 Å². The first-order chi connectivity index (χ1) is 8.11. The molecule has 1 atom stereocenters. The summed E-state index contributed by atoms with van der Waals surface area (Å²) in [5.74, 6) is -0.471. The highest BCUT2D eigenvalue weighted by atomic mass is 16.6. The average molecular weight is 241 g/mol. The number of carbonyl (C=O) groups is 2. The maximum Gasteiger partial charge on any atom is 0.405 e. The second kappa shape index (κ2) is 9.46. The van der Waals surface area contributed by atoms with Gasteiger partial charge < -0.3 is 15.8 Å². The zero-order chi connectivity index (χ0) is 13.1. The van der Waals surface area contributed by atoms with Crippen LogP contribution >= 0.6 is 0 Å². The van der Waals surface area contributed by atoms with Crippen LogP contribution in [0.5, 0.6) is 0 Å². The van der Waals surface area contributed by atoms with Crippen molar-refractivity contribution in [1.29, 1.82) is 5.26 Å². The van der Waals surface area contributed by atoms with Gasteiger partial charge in [-0.15, -0.1) is 0 Å². The Morgan fingerprint density at radius 1 is 1.41 bits per heavy atom. The number of nitrogens with one attached hydrogen (secondary N) is 1. The summed E-state index contributed by atoms with van der Waals surface area (Å²) in [6.45, 7) is 2.62. The largest absolute Gasteiger partial charge is 0.435 e. The first-order valence-electron chi connectivity index (χ1n) is 5.72. The van der Waals surface area contributed by atoms with Gasteiger partial charge in [-0.3, -0.25) is 4.79 Å². The molecule has 0 heterocycles. The van der Waals surface area contributed by atoms with Crippen LogP contribution < -0.4 is 11.1 Å². The number of nitrogens with zero attached hydrogens (tertiary/aromatic N) is 1. The van der Waals surface area contributed by atoms with Crippen LogP contribution in [0.15, 0.2) is 0 Å². The van der Waals surface area contributed by atoms with E-state index in [2.05, 4.69) is 17.0 Å². The van der Waals surface area contributed by atoms with Gasteiger partial charge in [0, 0.05) is 6.54 Å². The van der Waals surface area contributed by atoms with Crippen LogP contribution in [0.2, 0.25) is 0 Å². The molecule has 0 saturated carbocycles. The Bertz CT molecular complexity index is 286. The molecule has 96 valence electrons. The number of unbranched alkanes of at least 4 members (excludes halogenated alkanes) is 3. The third-order valence-corrected chi connectivity index (χ3v) is 2.16. The van der Waals surface area contributed by atoms with Gasteiger partial charge in [-0.05, 0) is 6.42 Å². The maximum atomic E-state index is 11.5. The summed E-state index contributed by atoms with van der Waals surface area (Å²) in [6.07, 6.45) is 1.80. The zero-order valence-corrected chi connectivity index (χ0v) is 10.1. The molecule has 0 aliphatic rings. The summed E-state index contributed by atoms with van der Waals surface area (Å²) in [6, 6.07) is 1.77. The minimum Gasteiger partial charge on any atom is -0.435 e. The molecule has 0 rings (SSSR count). The Kier molecular flexibility index (Phi) is 8.47. The van der Waals surface area contributed by atoms with E-state index in [1.807, 2.05) is 0 Å². The Hall–Kier alpha value is -1.77. The van der Waals surface area contributed by atoms with Gasteiger partial charge in [-0.1, -0.05) is 26.2 Å². The molecule has 0 unspecified atom stereocenters. The van der Waals surface area contributed by atoms with Crippen LogP contribution in [-0.2, 0) is 9.53 Å². The van der Waals surface area contributed by atoms with Gasteiger partial charge in [-0.2, -0.15) is 5.26 Å². The lowest BCUT2D eigenvalue weighted by molar-refractivity contribution is -0.129. The maximum absolute atomic E-state index is 11.5. The van der Waals surface area contributed by atoms with Gasteiger partial charge in [0.25, 0.3) is 5.91 Å². The molecule has 6 heteroatoms. The standard InChI is InChI=1S/C11H19N3O3/c1-2-3-4-5-8-14-10(15)9(6-7-12)17-11(13)16/h9H,2-6,8H2,1H3,(H2,13,16)(H,14,15)/t9-/m0/s1. The highest BCUT2D eigenvalue weighted by Gasteiger charge is 2.20. The van der Waals surface area contributed by atoms with Gasteiger partial charge in [0.15, 0.2) is 6.10 Å². The van der Waals surface area contributed by atoms with Crippen LogP contribution in [0.3, 0.4) is 0 Å². The van der Waals surface area contributed by atoms with E-state index in [4.69, 9.17) is 11.0 Å². The molecule has 0 aromatic carbocycles. The summed E-state index contributed by atoms with van der Waals surface area (Å²) in [4.78, 5) is 22.0. The van der Waals surface area contributed by atoms with Gasteiger partial charge in [0.05, 0.1) is 12.5 Å². The number of primary amides is 1. The van der Waals surface area contributed by atoms with Gasteiger partial charge >= 0.3 is 6.09 Å². The molecule has 0 aromatic heterocycles. The predicted octanol–water partition coefficient (Wildman–Crippen LogP) is 1.06. The van der Waals surface area contributed by atoms with Crippen LogP contribution in [0.1, 0.15) is 39.0 Å². The second-order valence-electron chi connectivity index (χ2n) is 3.64. The summed E-state index contributed by atoms with van der Waals surface area (Å²) in [5.41, 5.74) is 4.81. The molecule has 2 amide bonds. The fourth-order valence-electron chi connectivity index (χ4n) is 1.29. The topological polar surface area (TPSA) is 105 Å². The minimum atomic E-state index is -1.11. The molecule has 0 spiro atoms. The van der Waals surface area contributed by atoms with Crippen molar-refractivity contribution in [2.75, 3.05) is 6.54 Å². The second-order valence-corrected chi connectivity index (χ2v) is 3.64. The predicted molar refractivity (Wildman–Crippen MR) is 61.8 cm³/mol. The van der Waals surface area contributed by atoms with Crippen molar-refractivity contribution < 1.29 is 14.3 Å². The number of carbonyl (C=O) groups excluding carboxylic acids is 2. The normalized spacial score (nSPS) is 11.3. The molecular formula is C11H19N3O3. The van der Waals surface area contributed by atoms with Gasteiger partial charge in [0.1, 0.15) is 0 Å². The van der Waals surface area contributed by atoms with Crippen molar-refractivity contribution in [2.45, 2.75) is 45.1 Å². The summed E-state index contributed by atoms with van der Waals surface area (Å²) in [5, 5.41) is 11.1. The van der Waals surface area contributed by atoms with Gasteiger partial charge in [0.2, 0.25) is 0 Å². The van der Waals surface area contributed by atoms with E-state index in [-0.39, 0.29) is 6.42 Å². The van der Waals surface area contributed by atoms with Crippen LogP contribution in [0, 0.1) is 11.3 Å². The van der Waals surface area contributed by atoms with Crippen molar-refractivity contribution in [2.24, 2.45) is 5.73 Å². The number of nitrogens with two attached hydrogens (primary N) is 1. The molecule has 0 aliphatic carbocycles. The first kappa shape index (κ1) is 15.2.